The second-order valence-electron chi connectivity index (χ2n) is 4.80. The van der Waals surface area contributed by atoms with Crippen LogP contribution in [-0.2, 0) is 9.59 Å². The Morgan fingerprint density at radius 3 is 2.67 bits per heavy atom. The molecule has 2 N–H and O–H groups in total. The lowest BCUT2D eigenvalue weighted by Gasteiger charge is -2.25. The van der Waals surface area contributed by atoms with Crippen molar-refractivity contribution in [3.8, 4) is 5.75 Å². The summed E-state index contributed by atoms with van der Waals surface area (Å²) in [7, 11) is 0. The molecule has 0 saturated carbocycles. The van der Waals surface area contributed by atoms with Gasteiger partial charge in [0, 0.05) is 4.47 Å². The van der Waals surface area contributed by atoms with Gasteiger partial charge in [-0.3, -0.25) is 4.79 Å². The molecule has 0 saturated heterocycles. The minimum atomic E-state index is -1.35. The third-order valence-electron chi connectivity index (χ3n) is 2.89. The Bertz CT molecular complexity index is 538. The summed E-state index contributed by atoms with van der Waals surface area (Å²) in [4.78, 5) is 23.0. The molecule has 7 heteroatoms. The predicted molar refractivity (Wildman–Crippen MR) is 78.7 cm³/mol. The average molecular weight is 362 g/mol. The fourth-order valence-corrected chi connectivity index (χ4v) is 2.14. The van der Waals surface area contributed by atoms with Crippen molar-refractivity contribution in [3.05, 3.63) is 28.5 Å². The number of rotatable bonds is 7. The van der Waals surface area contributed by atoms with Crippen molar-refractivity contribution in [2.75, 3.05) is 6.61 Å². The zero-order chi connectivity index (χ0) is 16.0. The number of hydrogen-bond donors (Lipinski definition) is 2. The van der Waals surface area contributed by atoms with Gasteiger partial charge in [0.2, 0.25) is 0 Å². The van der Waals surface area contributed by atoms with E-state index in [1.807, 2.05) is 6.92 Å². The molecule has 0 spiro atoms. The van der Waals surface area contributed by atoms with Crippen LogP contribution in [0.15, 0.2) is 22.7 Å². The highest BCUT2D eigenvalue weighted by molar-refractivity contribution is 9.10. The molecule has 0 fully saturated rings. The molecule has 0 bridgehead atoms. The highest BCUT2D eigenvalue weighted by Crippen LogP contribution is 2.21. The van der Waals surface area contributed by atoms with Gasteiger partial charge in [-0.1, -0.05) is 29.3 Å². The Kier molecular flexibility index (Phi) is 6.14. The minimum Gasteiger partial charge on any atom is -0.481 e. The maximum atomic E-state index is 13.5. The molecule has 21 heavy (non-hydrogen) atoms. The molecule has 1 unspecified atom stereocenters. The van der Waals surface area contributed by atoms with Crippen molar-refractivity contribution in [2.45, 2.75) is 32.2 Å². The fraction of sp³-hybridized carbons (Fsp3) is 0.429. The van der Waals surface area contributed by atoms with E-state index >= 15 is 0 Å². The molecule has 0 radical (unpaired) electrons. The van der Waals surface area contributed by atoms with Gasteiger partial charge in [0.15, 0.2) is 18.2 Å². The number of carbonyl (C=O) groups excluding carboxylic acids is 1. The molecule has 0 aliphatic carbocycles. The monoisotopic (exact) mass is 361 g/mol. The van der Waals surface area contributed by atoms with Crippen LogP contribution in [0.5, 0.6) is 5.75 Å². The molecule has 116 valence electrons. The van der Waals surface area contributed by atoms with E-state index in [0.717, 1.165) is 0 Å². The first kappa shape index (κ1) is 17.4. The number of benzene rings is 1. The van der Waals surface area contributed by atoms with Crippen molar-refractivity contribution in [3.63, 3.8) is 0 Å². The molecule has 1 aromatic carbocycles. The zero-order valence-corrected chi connectivity index (χ0v) is 13.4. The number of carboxylic acid groups (broad SMARTS) is 1. The van der Waals surface area contributed by atoms with Gasteiger partial charge in [0.25, 0.3) is 5.91 Å². The molecular weight excluding hydrogens is 345 g/mol. The van der Waals surface area contributed by atoms with Crippen molar-refractivity contribution in [1.29, 1.82) is 0 Å². The summed E-state index contributed by atoms with van der Waals surface area (Å²) in [5, 5.41) is 11.6. The van der Waals surface area contributed by atoms with Gasteiger partial charge in [-0.05, 0) is 31.5 Å². The van der Waals surface area contributed by atoms with Crippen LogP contribution in [0.2, 0.25) is 0 Å². The zero-order valence-electron chi connectivity index (χ0n) is 11.8. The minimum absolute atomic E-state index is 0.0686. The summed E-state index contributed by atoms with van der Waals surface area (Å²) in [6, 6.07) is 4.18. The summed E-state index contributed by atoms with van der Waals surface area (Å²) >= 11 is 3.11. The van der Waals surface area contributed by atoms with E-state index < -0.39 is 29.8 Å². The van der Waals surface area contributed by atoms with E-state index in [9.17, 15) is 14.0 Å². The maximum Gasteiger partial charge on any atom is 0.329 e. The van der Waals surface area contributed by atoms with Crippen molar-refractivity contribution in [2.24, 2.45) is 0 Å². The number of hydrogen-bond acceptors (Lipinski definition) is 3. The Morgan fingerprint density at radius 1 is 1.48 bits per heavy atom. The Morgan fingerprint density at radius 2 is 2.14 bits per heavy atom. The normalized spacial score (nSPS) is 13.3. The number of carbonyl (C=O) groups is 2. The highest BCUT2D eigenvalue weighted by atomic mass is 79.9. The number of carboxylic acids is 1. The smallest absolute Gasteiger partial charge is 0.329 e. The van der Waals surface area contributed by atoms with Crippen molar-refractivity contribution < 1.29 is 23.8 Å². The van der Waals surface area contributed by atoms with Gasteiger partial charge >= 0.3 is 5.97 Å². The second-order valence-corrected chi connectivity index (χ2v) is 5.71. The molecule has 1 rings (SSSR count). The number of aliphatic carboxylic acids is 1. The quantitative estimate of drug-likeness (QED) is 0.782. The predicted octanol–water partition coefficient (Wildman–Crippen LogP) is 2.73. The highest BCUT2D eigenvalue weighted by Gasteiger charge is 2.33. The summed E-state index contributed by atoms with van der Waals surface area (Å²) in [6.45, 7) is 2.79. The number of amides is 1. The lowest BCUT2D eigenvalue weighted by molar-refractivity contribution is -0.147. The van der Waals surface area contributed by atoms with Crippen molar-refractivity contribution in [1.82, 2.24) is 5.32 Å². The van der Waals surface area contributed by atoms with Crippen LogP contribution in [0.25, 0.3) is 0 Å². The molecule has 0 aromatic heterocycles. The lowest BCUT2D eigenvalue weighted by atomic mass is 9.96. The molecule has 1 aromatic rings. The molecule has 1 atom stereocenters. The fourth-order valence-electron chi connectivity index (χ4n) is 1.80. The van der Waals surface area contributed by atoms with Gasteiger partial charge in [0.05, 0.1) is 0 Å². The molecule has 5 nitrogen and oxygen atoms in total. The van der Waals surface area contributed by atoms with Crippen LogP contribution in [0.3, 0.4) is 0 Å². The van der Waals surface area contributed by atoms with E-state index in [2.05, 4.69) is 21.2 Å². The van der Waals surface area contributed by atoms with Crippen LogP contribution in [0, 0.1) is 5.82 Å². The third-order valence-corrected chi connectivity index (χ3v) is 3.38. The average Bonchev–Trinajstić information content (AvgIpc) is 2.37. The Balaban J connectivity index is 2.63. The number of nitrogens with one attached hydrogen (secondary N) is 1. The first-order valence-electron chi connectivity index (χ1n) is 6.40. The molecule has 0 heterocycles. The lowest BCUT2D eigenvalue weighted by Crippen LogP contribution is -2.53. The van der Waals surface area contributed by atoms with Gasteiger partial charge in [-0.2, -0.15) is 0 Å². The first-order chi connectivity index (χ1) is 9.78. The van der Waals surface area contributed by atoms with Crippen LogP contribution >= 0.6 is 15.9 Å². The van der Waals surface area contributed by atoms with Crippen LogP contribution < -0.4 is 10.1 Å². The molecule has 1 amide bonds. The second kappa shape index (κ2) is 7.40. The molecule has 0 aliphatic rings. The Labute approximate surface area is 130 Å². The summed E-state index contributed by atoms with van der Waals surface area (Å²) in [6.07, 6.45) is 0.895. The number of halogens is 2. The van der Waals surface area contributed by atoms with Gasteiger partial charge in [-0.15, -0.1) is 0 Å². The van der Waals surface area contributed by atoms with Gasteiger partial charge < -0.3 is 15.2 Å². The van der Waals surface area contributed by atoms with E-state index in [0.29, 0.717) is 17.3 Å². The van der Waals surface area contributed by atoms with Crippen LogP contribution in [0.4, 0.5) is 4.39 Å². The van der Waals surface area contributed by atoms with E-state index in [1.165, 1.54) is 19.1 Å². The summed E-state index contributed by atoms with van der Waals surface area (Å²) < 4.78 is 19.1. The number of ether oxygens (including phenoxy) is 1. The summed E-state index contributed by atoms with van der Waals surface area (Å²) in [5.41, 5.74) is -1.35. The summed E-state index contributed by atoms with van der Waals surface area (Å²) in [5.74, 6) is -2.41. The Hall–Kier alpha value is -1.63. The topological polar surface area (TPSA) is 75.6 Å². The third kappa shape index (κ3) is 5.00. The standard InChI is InChI=1S/C14H17BrFNO4/c1-3-6-14(2,13(19)20)17-12(18)8-21-11-5-4-9(15)7-10(11)16/h4-5,7H,3,6,8H2,1-2H3,(H,17,18)(H,19,20). The van der Waals surface area contributed by atoms with E-state index in [-0.39, 0.29) is 5.75 Å². The maximum absolute atomic E-state index is 13.5. The first-order valence-corrected chi connectivity index (χ1v) is 7.20. The SMILES string of the molecule is CCCC(C)(NC(=O)COc1ccc(Br)cc1F)C(=O)O. The van der Waals surface area contributed by atoms with Crippen LogP contribution in [-0.4, -0.2) is 29.1 Å². The van der Waals surface area contributed by atoms with Crippen LogP contribution in [0.1, 0.15) is 26.7 Å². The largest absolute Gasteiger partial charge is 0.481 e. The molecule has 0 aliphatic heterocycles. The van der Waals surface area contributed by atoms with E-state index in [1.54, 1.807) is 6.07 Å². The molecular formula is C14H17BrFNO4. The van der Waals surface area contributed by atoms with Gasteiger partial charge in [0.1, 0.15) is 5.54 Å². The van der Waals surface area contributed by atoms with Crippen molar-refractivity contribution >= 4 is 27.8 Å². The van der Waals surface area contributed by atoms with Gasteiger partial charge in [-0.25, -0.2) is 9.18 Å². The van der Waals surface area contributed by atoms with E-state index in [4.69, 9.17) is 9.84 Å².